The molecule has 0 unspecified atom stereocenters. The number of hydrogen-bond donors (Lipinski definition) is 3. The van der Waals surface area contributed by atoms with Crippen LogP contribution in [0.1, 0.15) is 48.1 Å². The van der Waals surface area contributed by atoms with Gasteiger partial charge < -0.3 is 20.5 Å². The summed E-state index contributed by atoms with van der Waals surface area (Å²) in [5.41, 5.74) is 5.22. The average Bonchev–Trinajstić information content (AvgIpc) is 3.23. The normalized spacial score (nSPS) is 17.2. The molecule has 2 aromatic carbocycles. The van der Waals surface area contributed by atoms with Crippen molar-refractivity contribution in [2.24, 2.45) is 9.98 Å². The lowest BCUT2D eigenvalue weighted by molar-refractivity contribution is 0.195. The van der Waals surface area contributed by atoms with Gasteiger partial charge >= 0.3 is 0 Å². The van der Waals surface area contributed by atoms with Gasteiger partial charge in [0.1, 0.15) is 6.07 Å². The maximum Gasteiger partial charge on any atom is 0.227 e. The number of methoxy groups -OCH3 is 1. The summed E-state index contributed by atoms with van der Waals surface area (Å²) >= 11 is 0. The summed E-state index contributed by atoms with van der Waals surface area (Å²) in [6.07, 6.45) is 3.42. The first-order chi connectivity index (χ1) is 16.9. The van der Waals surface area contributed by atoms with E-state index in [1.165, 1.54) is 0 Å². The van der Waals surface area contributed by atoms with Gasteiger partial charge in [-0.05, 0) is 61.9 Å². The van der Waals surface area contributed by atoms with E-state index in [9.17, 15) is 15.6 Å². The van der Waals surface area contributed by atoms with Crippen LogP contribution >= 0.6 is 0 Å². The fourth-order valence-corrected chi connectivity index (χ4v) is 4.08. The molecular weight excluding hydrogens is 440 g/mol. The summed E-state index contributed by atoms with van der Waals surface area (Å²) in [6.45, 7) is 8.61. The predicted octanol–water partition coefficient (Wildman–Crippen LogP) is 4.21. The van der Waals surface area contributed by atoms with E-state index in [0.717, 1.165) is 40.9 Å². The molecule has 0 fully saturated rings. The summed E-state index contributed by atoms with van der Waals surface area (Å²) in [7, 11) is 1.67. The van der Waals surface area contributed by atoms with Crippen molar-refractivity contribution in [3.63, 3.8) is 0 Å². The molecule has 0 radical (unpaired) electrons. The standard InChI is InChI=1S/C27H30N6O2/c1-5-23(20-12-21(15-29)25-22(13-20)27(2,17-34)16-31-25)32-26(30-3)33-24-11-18(14-28)8-9-19(24)7-6-10-35-4/h5,8-9,11-13,31,34H,3,6-7,10,16-17H2,1-2,4H3,(H,32,33)/b23-5-/t27-/m1/s1. The van der Waals surface area contributed by atoms with Crippen LogP contribution in [0.5, 0.6) is 0 Å². The van der Waals surface area contributed by atoms with Gasteiger partial charge in [-0.3, -0.25) is 0 Å². The first-order valence-electron chi connectivity index (χ1n) is 11.4. The van der Waals surface area contributed by atoms with Crippen LogP contribution in [0.4, 0.5) is 11.4 Å². The second kappa shape index (κ2) is 11.4. The summed E-state index contributed by atoms with van der Waals surface area (Å²) in [5, 5.41) is 35.5. The monoisotopic (exact) mass is 470 g/mol. The molecule has 8 nitrogen and oxygen atoms in total. The Kier molecular flexibility index (Phi) is 8.38. The Hall–Kier alpha value is -3.98. The number of guanidine groups is 1. The van der Waals surface area contributed by atoms with E-state index in [4.69, 9.17) is 4.74 Å². The lowest BCUT2D eigenvalue weighted by Gasteiger charge is -2.21. The van der Waals surface area contributed by atoms with Crippen LogP contribution in [0.15, 0.2) is 46.4 Å². The number of hydrogen-bond acceptors (Lipinski definition) is 6. The molecule has 0 spiro atoms. The Morgan fingerprint density at radius 3 is 2.74 bits per heavy atom. The van der Waals surface area contributed by atoms with Crippen LogP contribution in [-0.4, -0.2) is 44.7 Å². The summed E-state index contributed by atoms with van der Waals surface area (Å²) in [5.74, 6) is 0.267. The molecule has 1 aliphatic rings. The van der Waals surface area contributed by atoms with E-state index in [1.807, 2.05) is 32.1 Å². The van der Waals surface area contributed by atoms with Gasteiger partial charge in [0.2, 0.25) is 5.96 Å². The number of aliphatic imine (C=N–C) groups is 2. The number of nitrogens with zero attached hydrogens (tertiary/aromatic N) is 4. The van der Waals surface area contributed by atoms with Gasteiger partial charge in [-0.2, -0.15) is 10.5 Å². The molecule has 0 aliphatic carbocycles. The molecule has 35 heavy (non-hydrogen) atoms. The third-order valence-electron chi connectivity index (χ3n) is 6.14. The molecule has 2 aromatic rings. The van der Waals surface area contributed by atoms with Crippen molar-refractivity contribution in [3.8, 4) is 12.1 Å². The summed E-state index contributed by atoms with van der Waals surface area (Å²) in [4.78, 5) is 8.76. The van der Waals surface area contributed by atoms with E-state index in [-0.39, 0.29) is 12.6 Å². The number of anilines is 2. The van der Waals surface area contributed by atoms with Gasteiger partial charge in [-0.15, -0.1) is 0 Å². The van der Waals surface area contributed by atoms with Crippen LogP contribution in [0, 0.1) is 22.7 Å². The lowest BCUT2D eigenvalue weighted by atomic mass is 9.83. The highest BCUT2D eigenvalue weighted by molar-refractivity contribution is 6.00. The van der Waals surface area contributed by atoms with Crippen molar-refractivity contribution >= 4 is 29.7 Å². The molecular formula is C27H30N6O2. The minimum absolute atomic E-state index is 0.0438. The van der Waals surface area contributed by atoms with Crippen LogP contribution in [-0.2, 0) is 16.6 Å². The largest absolute Gasteiger partial charge is 0.395 e. The number of nitriles is 2. The molecule has 3 rings (SSSR count). The molecule has 0 bridgehead atoms. The van der Waals surface area contributed by atoms with E-state index < -0.39 is 5.41 Å². The molecule has 3 N–H and O–H groups in total. The number of ether oxygens (including phenoxy) is 1. The molecule has 180 valence electrons. The highest BCUT2D eigenvalue weighted by Crippen LogP contribution is 2.40. The quantitative estimate of drug-likeness (QED) is 0.301. The Labute approximate surface area is 206 Å². The van der Waals surface area contributed by atoms with E-state index in [0.29, 0.717) is 30.0 Å². The van der Waals surface area contributed by atoms with Crippen LogP contribution < -0.4 is 10.6 Å². The van der Waals surface area contributed by atoms with Gasteiger partial charge in [0.15, 0.2) is 0 Å². The van der Waals surface area contributed by atoms with E-state index in [2.05, 4.69) is 39.5 Å². The summed E-state index contributed by atoms with van der Waals surface area (Å²) in [6, 6.07) is 13.6. The molecule has 0 amide bonds. The average molecular weight is 471 g/mol. The van der Waals surface area contributed by atoms with E-state index >= 15 is 0 Å². The number of nitrogens with one attached hydrogen (secondary N) is 2. The SMILES string of the molecule is C=N/C(=N\C(=C/C)c1cc(C#N)c2c(c1)[C@@](C)(CO)CN2)Nc1cc(C#N)ccc1CCCOC. The Morgan fingerprint density at radius 2 is 2.11 bits per heavy atom. The number of aliphatic hydroxyl groups excluding tert-OH is 1. The first kappa shape index (κ1) is 25.6. The Balaban J connectivity index is 1.99. The number of fused-ring (bicyclic) bond motifs is 1. The fourth-order valence-electron chi connectivity index (χ4n) is 4.08. The van der Waals surface area contributed by atoms with Crippen molar-refractivity contribution in [2.75, 3.05) is 37.5 Å². The topological polar surface area (TPSA) is 126 Å². The minimum atomic E-state index is -0.494. The molecule has 0 aromatic heterocycles. The molecule has 0 saturated heterocycles. The van der Waals surface area contributed by atoms with Gasteiger partial charge in [-0.25, -0.2) is 9.98 Å². The van der Waals surface area contributed by atoms with Crippen LogP contribution in [0.25, 0.3) is 5.70 Å². The Morgan fingerprint density at radius 1 is 1.31 bits per heavy atom. The lowest BCUT2D eigenvalue weighted by Crippen LogP contribution is -2.28. The maximum atomic E-state index is 9.99. The van der Waals surface area contributed by atoms with Gasteiger partial charge in [-0.1, -0.05) is 19.1 Å². The molecule has 8 heteroatoms. The minimum Gasteiger partial charge on any atom is -0.395 e. The molecule has 1 atom stereocenters. The van der Waals surface area contributed by atoms with Crippen LogP contribution in [0.2, 0.25) is 0 Å². The number of benzene rings is 2. The van der Waals surface area contributed by atoms with Crippen molar-refractivity contribution in [1.29, 1.82) is 10.5 Å². The predicted molar refractivity (Wildman–Crippen MR) is 140 cm³/mol. The highest BCUT2D eigenvalue weighted by atomic mass is 16.5. The van der Waals surface area contributed by atoms with Crippen LogP contribution in [0.3, 0.4) is 0 Å². The Bertz CT molecular complexity index is 1250. The van der Waals surface area contributed by atoms with Crippen molar-refractivity contribution in [3.05, 3.63) is 64.2 Å². The fraction of sp³-hybridized carbons (Fsp3) is 0.333. The zero-order chi connectivity index (χ0) is 25.4. The number of aliphatic hydroxyl groups is 1. The second-order valence-electron chi connectivity index (χ2n) is 8.60. The third kappa shape index (κ3) is 5.58. The van der Waals surface area contributed by atoms with Crippen molar-refractivity contribution in [2.45, 2.75) is 32.1 Å². The smallest absolute Gasteiger partial charge is 0.227 e. The third-order valence-corrected chi connectivity index (χ3v) is 6.14. The number of rotatable bonds is 8. The second-order valence-corrected chi connectivity index (χ2v) is 8.60. The maximum absolute atomic E-state index is 9.99. The zero-order valence-electron chi connectivity index (χ0n) is 20.4. The number of allylic oxidation sites excluding steroid dienone is 1. The van der Waals surface area contributed by atoms with Gasteiger partial charge in [0.25, 0.3) is 0 Å². The van der Waals surface area contributed by atoms with Gasteiger partial charge in [0.05, 0.1) is 35.2 Å². The zero-order valence-corrected chi connectivity index (χ0v) is 20.4. The first-order valence-corrected chi connectivity index (χ1v) is 11.4. The summed E-state index contributed by atoms with van der Waals surface area (Å²) < 4.78 is 5.16. The number of aryl methyl sites for hydroxylation is 1. The molecule has 1 aliphatic heterocycles. The molecule has 0 saturated carbocycles. The molecule has 1 heterocycles. The van der Waals surface area contributed by atoms with Gasteiger partial charge in [0, 0.05) is 36.9 Å². The highest BCUT2D eigenvalue weighted by Gasteiger charge is 2.36. The van der Waals surface area contributed by atoms with Crippen molar-refractivity contribution < 1.29 is 9.84 Å². The van der Waals surface area contributed by atoms with Crippen molar-refractivity contribution in [1.82, 2.24) is 0 Å². The van der Waals surface area contributed by atoms with E-state index in [1.54, 1.807) is 25.3 Å².